The van der Waals surface area contributed by atoms with E-state index in [-0.39, 0.29) is 5.84 Å². The molecule has 22 heavy (non-hydrogen) atoms. The van der Waals surface area contributed by atoms with Crippen LogP contribution in [0.2, 0.25) is 0 Å². The lowest BCUT2D eigenvalue weighted by molar-refractivity contribution is 0.642. The van der Waals surface area contributed by atoms with Crippen LogP contribution in [0.4, 0.5) is 11.4 Å². The molecule has 1 fully saturated rings. The molecule has 2 aromatic rings. The molecule has 1 aliphatic carbocycles. The highest BCUT2D eigenvalue weighted by molar-refractivity contribution is 5.80. The molecule has 0 aromatic heterocycles. The van der Waals surface area contributed by atoms with Crippen molar-refractivity contribution in [1.29, 1.82) is 5.41 Å². The number of hydrogen-bond acceptors (Lipinski definition) is 2. The smallest absolute Gasteiger partial charge is 0.0950 e. The van der Waals surface area contributed by atoms with E-state index in [2.05, 4.69) is 53.4 Å². The Kier molecular flexibility index (Phi) is 3.14. The first-order valence-corrected chi connectivity index (χ1v) is 8.04. The zero-order valence-electron chi connectivity index (χ0n) is 12.6. The van der Waals surface area contributed by atoms with Gasteiger partial charge in [0.05, 0.1) is 5.84 Å². The van der Waals surface area contributed by atoms with Crippen molar-refractivity contribution in [3.8, 4) is 0 Å². The molecule has 3 N–H and O–H groups in total. The highest BCUT2D eigenvalue weighted by atomic mass is 15.2. The quantitative estimate of drug-likeness (QED) is 0.664. The molecule has 4 rings (SSSR count). The molecular weight excluding hydrogens is 270 g/mol. The second-order valence-electron chi connectivity index (χ2n) is 6.40. The van der Waals surface area contributed by atoms with Crippen molar-refractivity contribution in [2.24, 2.45) is 5.73 Å². The molecule has 1 heterocycles. The Labute approximate surface area is 131 Å². The van der Waals surface area contributed by atoms with Crippen LogP contribution < -0.4 is 10.6 Å². The molecule has 0 spiro atoms. The second kappa shape index (κ2) is 5.16. The Bertz CT molecular complexity index is 705. The number of fused-ring (bicyclic) bond motifs is 3. The minimum Gasteiger partial charge on any atom is -0.387 e. The number of hydrogen-bond donors (Lipinski definition) is 2. The highest BCUT2D eigenvalue weighted by Crippen LogP contribution is 2.51. The predicted molar refractivity (Wildman–Crippen MR) is 91.0 cm³/mol. The summed E-state index contributed by atoms with van der Waals surface area (Å²) < 4.78 is 0. The second-order valence-corrected chi connectivity index (χ2v) is 6.40. The van der Waals surface area contributed by atoms with Crippen LogP contribution in [0.5, 0.6) is 0 Å². The summed E-state index contributed by atoms with van der Waals surface area (Å²) in [4.78, 5) is 2.52. The van der Waals surface area contributed by atoms with Crippen molar-refractivity contribution in [3.05, 3.63) is 59.7 Å². The van der Waals surface area contributed by atoms with Crippen molar-refractivity contribution < 1.29 is 0 Å². The summed E-state index contributed by atoms with van der Waals surface area (Å²) in [6, 6.07) is 18.0. The highest BCUT2D eigenvalue weighted by Gasteiger charge is 2.41. The van der Waals surface area contributed by atoms with Crippen molar-refractivity contribution in [2.75, 3.05) is 4.90 Å². The van der Waals surface area contributed by atoms with E-state index in [0.29, 0.717) is 18.4 Å². The molecule has 3 heteroatoms. The van der Waals surface area contributed by atoms with Crippen LogP contribution in [-0.4, -0.2) is 11.9 Å². The van der Waals surface area contributed by atoms with E-state index in [4.69, 9.17) is 11.1 Å². The molecule has 0 saturated heterocycles. The lowest BCUT2D eigenvalue weighted by atomic mass is 9.98. The molecule has 0 radical (unpaired) electrons. The van der Waals surface area contributed by atoms with E-state index in [1.807, 2.05) is 0 Å². The summed E-state index contributed by atoms with van der Waals surface area (Å²) in [7, 11) is 0. The minimum absolute atomic E-state index is 0.218. The molecule has 2 unspecified atom stereocenters. The fourth-order valence-corrected chi connectivity index (χ4v) is 4.14. The third-order valence-corrected chi connectivity index (χ3v) is 5.02. The Morgan fingerprint density at radius 2 is 1.86 bits per heavy atom. The molecule has 3 nitrogen and oxygen atoms in total. The van der Waals surface area contributed by atoms with E-state index >= 15 is 0 Å². The number of nitrogens with one attached hydrogen (secondary N) is 1. The van der Waals surface area contributed by atoms with Crippen molar-refractivity contribution in [3.63, 3.8) is 0 Å². The Balaban J connectivity index is 1.71. The van der Waals surface area contributed by atoms with Crippen LogP contribution in [0, 0.1) is 5.41 Å². The van der Waals surface area contributed by atoms with Gasteiger partial charge in [0.2, 0.25) is 0 Å². The summed E-state index contributed by atoms with van der Waals surface area (Å²) in [5.41, 5.74) is 10.7. The maximum Gasteiger partial charge on any atom is 0.0950 e. The van der Waals surface area contributed by atoms with Crippen LogP contribution in [0.1, 0.15) is 36.3 Å². The molecular formula is C19H21N3. The van der Waals surface area contributed by atoms with Gasteiger partial charge < -0.3 is 10.6 Å². The minimum atomic E-state index is 0.218. The van der Waals surface area contributed by atoms with Gasteiger partial charge in [-0.15, -0.1) is 0 Å². The van der Waals surface area contributed by atoms with Crippen LogP contribution in [0.3, 0.4) is 0 Å². The van der Waals surface area contributed by atoms with Crippen LogP contribution in [-0.2, 0) is 6.42 Å². The lowest BCUT2D eigenvalue weighted by Gasteiger charge is -2.27. The largest absolute Gasteiger partial charge is 0.387 e. The molecule has 112 valence electrons. The Morgan fingerprint density at radius 3 is 2.64 bits per heavy atom. The third-order valence-electron chi connectivity index (χ3n) is 5.02. The van der Waals surface area contributed by atoms with E-state index in [9.17, 15) is 0 Å². The lowest BCUT2D eigenvalue weighted by Crippen LogP contribution is -2.26. The van der Waals surface area contributed by atoms with Gasteiger partial charge in [-0.05, 0) is 42.2 Å². The maximum absolute atomic E-state index is 7.41. The van der Waals surface area contributed by atoms with Gasteiger partial charge in [0, 0.05) is 29.8 Å². The standard InChI is InChI=1S/C19H21N3/c20-19(21)12-13-8-10-14(11-9-13)22-17-6-2-1-4-15(17)16-5-3-7-18(16)22/h1-2,4,6,8-11,16,18H,3,5,7,12H2,(H3,20,21). The van der Waals surface area contributed by atoms with Crippen molar-refractivity contribution in [1.82, 2.24) is 0 Å². The van der Waals surface area contributed by atoms with Gasteiger partial charge in [0.1, 0.15) is 0 Å². The van der Waals surface area contributed by atoms with Gasteiger partial charge in [0.25, 0.3) is 0 Å². The average Bonchev–Trinajstić information content (AvgIpc) is 3.08. The molecule has 1 aliphatic heterocycles. The normalized spacial score (nSPS) is 22.5. The molecule has 1 saturated carbocycles. The van der Waals surface area contributed by atoms with Gasteiger partial charge in [-0.25, -0.2) is 0 Å². The SMILES string of the molecule is N=C(N)Cc1ccc(N2c3ccccc3C3CCCC32)cc1. The first kappa shape index (κ1) is 13.4. The maximum atomic E-state index is 7.41. The monoisotopic (exact) mass is 291 g/mol. The Morgan fingerprint density at radius 1 is 1.09 bits per heavy atom. The third kappa shape index (κ3) is 2.08. The fourth-order valence-electron chi connectivity index (χ4n) is 4.14. The summed E-state index contributed by atoms with van der Waals surface area (Å²) in [6.07, 6.45) is 4.43. The summed E-state index contributed by atoms with van der Waals surface area (Å²) in [5, 5.41) is 7.41. The van der Waals surface area contributed by atoms with Crippen molar-refractivity contribution >= 4 is 17.2 Å². The van der Waals surface area contributed by atoms with Gasteiger partial charge >= 0.3 is 0 Å². The first-order valence-electron chi connectivity index (χ1n) is 8.04. The average molecular weight is 291 g/mol. The molecule has 0 bridgehead atoms. The number of amidine groups is 1. The number of benzene rings is 2. The zero-order chi connectivity index (χ0) is 15.1. The zero-order valence-corrected chi connectivity index (χ0v) is 12.6. The number of para-hydroxylation sites is 1. The van der Waals surface area contributed by atoms with E-state index in [0.717, 1.165) is 5.56 Å². The number of anilines is 2. The van der Waals surface area contributed by atoms with Gasteiger partial charge in [0.15, 0.2) is 0 Å². The number of nitrogens with zero attached hydrogens (tertiary/aromatic N) is 1. The molecule has 2 aliphatic rings. The van der Waals surface area contributed by atoms with Crippen molar-refractivity contribution in [2.45, 2.75) is 37.6 Å². The molecule has 2 aromatic carbocycles. The summed E-state index contributed by atoms with van der Waals surface area (Å²) >= 11 is 0. The van der Waals surface area contributed by atoms with Crippen LogP contribution in [0.15, 0.2) is 48.5 Å². The van der Waals surface area contributed by atoms with E-state index < -0.39 is 0 Å². The van der Waals surface area contributed by atoms with Crippen LogP contribution in [0.25, 0.3) is 0 Å². The topological polar surface area (TPSA) is 53.1 Å². The predicted octanol–water partition coefficient (Wildman–Crippen LogP) is 3.95. The van der Waals surface area contributed by atoms with Gasteiger partial charge in [-0.3, -0.25) is 5.41 Å². The fraction of sp³-hybridized carbons (Fsp3) is 0.316. The Hall–Kier alpha value is -2.29. The molecule has 2 atom stereocenters. The van der Waals surface area contributed by atoms with Crippen LogP contribution >= 0.6 is 0 Å². The van der Waals surface area contributed by atoms with Gasteiger partial charge in [-0.2, -0.15) is 0 Å². The molecule has 0 amide bonds. The van der Waals surface area contributed by atoms with E-state index in [1.54, 1.807) is 0 Å². The van der Waals surface area contributed by atoms with Gasteiger partial charge in [-0.1, -0.05) is 36.8 Å². The number of rotatable bonds is 3. The summed E-state index contributed by atoms with van der Waals surface area (Å²) in [6.45, 7) is 0. The first-order chi connectivity index (χ1) is 10.7. The number of nitrogens with two attached hydrogens (primary N) is 1. The van der Waals surface area contributed by atoms with E-state index in [1.165, 1.54) is 36.2 Å². The summed E-state index contributed by atoms with van der Waals surface area (Å²) in [5.74, 6) is 0.906.